The van der Waals surface area contributed by atoms with Gasteiger partial charge in [0, 0.05) is 25.8 Å². The normalized spacial score (nSPS) is 20.9. The van der Waals surface area contributed by atoms with Gasteiger partial charge in [-0.2, -0.15) is 0 Å². The van der Waals surface area contributed by atoms with E-state index < -0.39 is 0 Å². The molecule has 0 radical (unpaired) electrons. The number of aliphatic hydroxyl groups excluding tert-OH is 1. The van der Waals surface area contributed by atoms with Crippen LogP contribution in [0.1, 0.15) is 25.0 Å². The zero-order chi connectivity index (χ0) is 12.8. The fourth-order valence-electron chi connectivity index (χ4n) is 2.60. The van der Waals surface area contributed by atoms with Crippen molar-refractivity contribution in [2.24, 2.45) is 5.92 Å². The number of likely N-dealkylation sites (tertiary alicyclic amines) is 1. The van der Waals surface area contributed by atoms with Gasteiger partial charge in [-0.1, -0.05) is 6.07 Å². The Hall–Kier alpha value is -1.13. The molecule has 2 rings (SSSR count). The Morgan fingerprint density at radius 2 is 2.39 bits per heavy atom. The molecule has 1 aliphatic heterocycles. The monoisotopic (exact) mass is 250 g/mol. The number of aliphatic hydroxyl groups is 1. The average Bonchev–Trinajstić information content (AvgIpc) is 2.40. The van der Waals surface area contributed by atoms with Crippen molar-refractivity contribution >= 4 is 0 Å². The van der Waals surface area contributed by atoms with E-state index in [1.807, 2.05) is 18.2 Å². The first-order valence-corrected chi connectivity index (χ1v) is 6.65. The quantitative estimate of drug-likeness (QED) is 0.863. The zero-order valence-corrected chi connectivity index (χ0v) is 11.0. The van der Waals surface area contributed by atoms with Crippen molar-refractivity contribution in [3.63, 3.8) is 0 Å². The third-order valence-corrected chi connectivity index (χ3v) is 3.52. The van der Waals surface area contributed by atoms with Gasteiger partial charge in [0.15, 0.2) is 0 Å². The van der Waals surface area contributed by atoms with Crippen molar-refractivity contribution in [3.8, 4) is 5.88 Å². The molecule has 1 saturated heterocycles. The van der Waals surface area contributed by atoms with Gasteiger partial charge in [0.1, 0.15) is 0 Å². The molecule has 18 heavy (non-hydrogen) atoms. The summed E-state index contributed by atoms with van der Waals surface area (Å²) in [7, 11) is 1.64. The van der Waals surface area contributed by atoms with Crippen LogP contribution in [0.25, 0.3) is 0 Å². The summed E-state index contributed by atoms with van der Waals surface area (Å²) < 4.78 is 5.14. The van der Waals surface area contributed by atoms with Crippen LogP contribution in [0.3, 0.4) is 0 Å². The van der Waals surface area contributed by atoms with Crippen LogP contribution in [-0.2, 0) is 6.54 Å². The van der Waals surface area contributed by atoms with E-state index in [0.717, 1.165) is 31.7 Å². The third-order valence-electron chi connectivity index (χ3n) is 3.52. The Bertz CT molecular complexity index is 369. The Labute approximate surface area is 109 Å². The highest BCUT2D eigenvalue weighted by atomic mass is 16.5. The molecule has 4 nitrogen and oxygen atoms in total. The summed E-state index contributed by atoms with van der Waals surface area (Å²) in [5.74, 6) is 1.31. The van der Waals surface area contributed by atoms with Crippen LogP contribution in [0, 0.1) is 5.92 Å². The van der Waals surface area contributed by atoms with Gasteiger partial charge in [0.25, 0.3) is 0 Å². The van der Waals surface area contributed by atoms with E-state index >= 15 is 0 Å². The van der Waals surface area contributed by atoms with E-state index in [1.54, 1.807) is 7.11 Å². The number of methoxy groups -OCH3 is 1. The Kier molecular flexibility index (Phi) is 4.96. The largest absolute Gasteiger partial charge is 0.481 e. The van der Waals surface area contributed by atoms with Gasteiger partial charge >= 0.3 is 0 Å². The van der Waals surface area contributed by atoms with E-state index in [0.29, 0.717) is 18.4 Å². The highest BCUT2D eigenvalue weighted by Gasteiger charge is 2.19. The van der Waals surface area contributed by atoms with Crippen molar-refractivity contribution in [3.05, 3.63) is 23.9 Å². The molecule has 4 heteroatoms. The summed E-state index contributed by atoms with van der Waals surface area (Å²) in [4.78, 5) is 6.87. The van der Waals surface area contributed by atoms with Crippen LogP contribution in [-0.4, -0.2) is 41.8 Å². The van der Waals surface area contributed by atoms with Gasteiger partial charge in [-0.05, 0) is 37.8 Å². The third kappa shape index (κ3) is 3.68. The molecule has 0 aliphatic carbocycles. The molecule has 1 N–H and O–H groups in total. The van der Waals surface area contributed by atoms with Gasteiger partial charge in [-0.15, -0.1) is 0 Å². The molecular formula is C14H22N2O2. The maximum atomic E-state index is 9.02. The molecule has 2 heterocycles. The molecule has 0 aromatic carbocycles. The van der Waals surface area contributed by atoms with Crippen LogP contribution in [0.2, 0.25) is 0 Å². The van der Waals surface area contributed by atoms with Crippen molar-refractivity contribution in [2.45, 2.75) is 25.8 Å². The second kappa shape index (κ2) is 6.71. The summed E-state index contributed by atoms with van der Waals surface area (Å²) in [5, 5.41) is 9.02. The van der Waals surface area contributed by atoms with Crippen molar-refractivity contribution in [1.82, 2.24) is 9.88 Å². The molecule has 1 aromatic rings. The Morgan fingerprint density at radius 3 is 3.17 bits per heavy atom. The molecule has 0 saturated carbocycles. The van der Waals surface area contributed by atoms with Gasteiger partial charge in [0.2, 0.25) is 5.88 Å². The average molecular weight is 250 g/mol. The van der Waals surface area contributed by atoms with E-state index in [2.05, 4.69) is 9.88 Å². The smallest absolute Gasteiger partial charge is 0.213 e. The van der Waals surface area contributed by atoms with Crippen molar-refractivity contribution in [1.29, 1.82) is 0 Å². The lowest BCUT2D eigenvalue weighted by Gasteiger charge is -2.32. The molecule has 1 aromatic heterocycles. The minimum absolute atomic E-state index is 0.302. The van der Waals surface area contributed by atoms with Gasteiger partial charge < -0.3 is 9.84 Å². The lowest BCUT2D eigenvalue weighted by molar-refractivity contribution is 0.141. The SMILES string of the molecule is COc1cccc(CN2CCCC(CCO)C2)n1. The van der Waals surface area contributed by atoms with E-state index in [9.17, 15) is 0 Å². The first-order chi connectivity index (χ1) is 8.81. The van der Waals surface area contributed by atoms with Gasteiger partial charge in [0.05, 0.1) is 12.8 Å². The standard InChI is InChI=1S/C14H22N2O2/c1-18-14-6-2-5-13(15-14)11-16-8-3-4-12(10-16)7-9-17/h2,5-6,12,17H,3-4,7-11H2,1H3. The lowest BCUT2D eigenvalue weighted by Crippen LogP contribution is -2.35. The summed E-state index contributed by atoms with van der Waals surface area (Å²) in [6.07, 6.45) is 3.37. The fraction of sp³-hybridized carbons (Fsp3) is 0.643. The number of hydrogen-bond donors (Lipinski definition) is 1. The second-order valence-corrected chi connectivity index (χ2v) is 4.93. The summed E-state index contributed by atoms with van der Waals surface area (Å²) >= 11 is 0. The number of rotatable bonds is 5. The summed E-state index contributed by atoms with van der Waals surface area (Å²) in [6, 6.07) is 5.89. The van der Waals surface area contributed by atoms with Crippen LogP contribution in [0.5, 0.6) is 5.88 Å². The second-order valence-electron chi connectivity index (χ2n) is 4.93. The van der Waals surface area contributed by atoms with Crippen LogP contribution < -0.4 is 4.74 Å². The number of nitrogens with zero attached hydrogens (tertiary/aromatic N) is 2. The maximum Gasteiger partial charge on any atom is 0.213 e. The summed E-state index contributed by atoms with van der Waals surface area (Å²) in [5.41, 5.74) is 1.05. The number of pyridine rings is 1. The molecule has 0 amide bonds. The molecule has 1 atom stereocenters. The van der Waals surface area contributed by atoms with Crippen molar-refractivity contribution in [2.75, 3.05) is 26.8 Å². The van der Waals surface area contributed by atoms with Gasteiger partial charge in [-0.25, -0.2) is 4.98 Å². The highest BCUT2D eigenvalue weighted by Crippen LogP contribution is 2.20. The lowest BCUT2D eigenvalue weighted by atomic mass is 9.95. The number of piperidine rings is 1. The predicted octanol–water partition coefficient (Wildman–Crippen LogP) is 1.68. The molecule has 100 valence electrons. The zero-order valence-electron chi connectivity index (χ0n) is 11.0. The van der Waals surface area contributed by atoms with Crippen LogP contribution in [0.4, 0.5) is 0 Å². The fourth-order valence-corrected chi connectivity index (χ4v) is 2.60. The number of ether oxygens (including phenoxy) is 1. The predicted molar refractivity (Wildman–Crippen MR) is 70.5 cm³/mol. The molecule has 0 bridgehead atoms. The summed E-state index contributed by atoms with van der Waals surface area (Å²) in [6.45, 7) is 3.37. The van der Waals surface area contributed by atoms with E-state index in [4.69, 9.17) is 9.84 Å². The minimum Gasteiger partial charge on any atom is -0.481 e. The molecular weight excluding hydrogens is 228 g/mol. The van der Waals surface area contributed by atoms with Crippen LogP contribution >= 0.6 is 0 Å². The van der Waals surface area contributed by atoms with Crippen LogP contribution in [0.15, 0.2) is 18.2 Å². The highest BCUT2D eigenvalue weighted by molar-refractivity contribution is 5.15. The molecule has 0 spiro atoms. The minimum atomic E-state index is 0.302. The first kappa shape index (κ1) is 13.3. The Balaban J connectivity index is 1.91. The number of hydrogen-bond acceptors (Lipinski definition) is 4. The topological polar surface area (TPSA) is 45.6 Å². The number of aromatic nitrogens is 1. The van der Waals surface area contributed by atoms with Gasteiger partial charge in [-0.3, -0.25) is 4.90 Å². The maximum absolute atomic E-state index is 9.02. The van der Waals surface area contributed by atoms with Crippen molar-refractivity contribution < 1.29 is 9.84 Å². The van der Waals surface area contributed by atoms with E-state index in [1.165, 1.54) is 12.8 Å². The van der Waals surface area contributed by atoms with E-state index in [-0.39, 0.29) is 0 Å². The molecule has 1 unspecified atom stereocenters. The molecule has 1 aliphatic rings. The Morgan fingerprint density at radius 1 is 1.50 bits per heavy atom. The first-order valence-electron chi connectivity index (χ1n) is 6.65. The molecule has 1 fully saturated rings.